The normalized spacial score (nSPS) is 10.4. The number of hydrogen-bond donors (Lipinski definition) is 1. The average Bonchev–Trinajstić information content (AvgIpc) is 2.52. The first-order valence-corrected chi connectivity index (χ1v) is 6.98. The summed E-state index contributed by atoms with van der Waals surface area (Å²) in [5.74, 6) is 1.26. The molecule has 0 aliphatic carbocycles. The number of rotatable bonds is 7. The van der Waals surface area contributed by atoms with Gasteiger partial charge in [0, 0.05) is 17.7 Å². The van der Waals surface area contributed by atoms with Gasteiger partial charge in [0.25, 0.3) is 0 Å². The quantitative estimate of drug-likeness (QED) is 0.846. The molecule has 0 bridgehead atoms. The Labute approximate surface area is 124 Å². The molecule has 21 heavy (non-hydrogen) atoms. The molecule has 2 aromatic rings. The fraction of sp³-hybridized carbons (Fsp3) is 0.294. The van der Waals surface area contributed by atoms with Crippen LogP contribution in [0.4, 0.5) is 4.39 Å². The van der Waals surface area contributed by atoms with Crippen molar-refractivity contribution in [3.8, 4) is 11.5 Å². The molecule has 0 aromatic heterocycles. The minimum Gasteiger partial charge on any atom is -0.497 e. The number of methoxy groups -OCH3 is 1. The second-order valence-corrected chi connectivity index (χ2v) is 4.63. The lowest BCUT2D eigenvalue weighted by Crippen LogP contribution is -2.13. The maximum atomic E-state index is 13.6. The van der Waals surface area contributed by atoms with Crippen LogP contribution >= 0.6 is 0 Å². The summed E-state index contributed by atoms with van der Waals surface area (Å²) in [6.07, 6.45) is 0. The molecule has 2 aromatic carbocycles. The molecule has 0 amide bonds. The molecule has 0 unspecified atom stereocenters. The first-order valence-electron chi connectivity index (χ1n) is 6.98. The molecule has 1 N–H and O–H groups in total. The Morgan fingerprint density at radius 2 is 1.90 bits per heavy atom. The molecule has 3 nitrogen and oxygen atoms in total. The van der Waals surface area contributed by atoms with Gasteiger partial charge in [0.1, 0.15) is 23.9 Å². The zero-order valence-corrected chi connectivity index (χ0v) is 12.4. The smallest absolute Gasteiger partial charge is 0.129 e. The maximum Gasteiger partial charge on any atom is 0.129 e. The van der Waals surface area contributed by atoms with Crippen LogP contribution in [-0.4, -0.2) is 13.7 Å². The van der Waals surface area contributed by atoms with E-state index in [4.69, 9.17) is 9.47 Å². The van der Waals surface area contributed by atoms with E-state index in [2.05, 4.69) is 5.32 Å². The molecular weight excluding hydrogens is 269 g/mol. The molecule has 0 atom stereocenters. The van der Waals surface area contributed by atoms with E-state index in [9.17, 15) is 4.39 Å². The summed E-state index contributed by atoms with van der Waals surface area (Å²) in [6, 6.07) is 12.3. The summed E-state index contributed by atoms with van der Waals surface area (Å²) in [5.41, 5.74) is 1.54. The zero-order valence-electron chi connectivity index (χ0n) is 12.4. The van der Waals surface area contributed by atoms with Gasteiger partial charge in [-0.2, -0.15) is 0 Å². The van der Waals surface area contributed by atoms with Crippen molar-refractivity contribution in [3.05, 3.63) is 59.4 Å². The highest BCUT2D eigenvalue weighted by atomic mass is 19.1. The fourth-order valence-corrected chi connectivity index (χ4v) is 1.99. The van der Waals surface area contributed by atoms with Crippen molar-refractivity contribution < 1.29 is 13.9 Å². The number of halogens is 1. The van der Waals surface area contributed by atoms with Gasteiger partial charge >= 0.3 is 0 Å². The minimum absolute atomic E-state index is 0.206. The lowest BCUT2D eigenvalue weighted by atomic mass is 10.1. The lowest BCUT2D eigenvalue weighted by molar-refractivity contribution is 0.295. The summed E-state index contributed by atoms with van der Waals surface area (Å²) in [4.78, 5) is 0. The Hall–Kier alpha value is -2.07. The van der Waals surface area contributed by atoms with Crippen molar-refractivity contribution in [2.24, 2.45) is 0 Å². The van der Waals surface area contributed by atoms with E-state index < -0.39 is 0 Å². The number of benzene rings is 2. The Morgan fingerprint density at radius 1 is 1.10 bits per heavy atom. The minimum atomic E-state index is -0.251. The molecule has 0 saturated carbocycles. The van der Waals surface area contributed by atoms with E-state index in [1.807, 2.05) is 25.1 Å². The van der Waals surface area contributed by atoms with Crippen molar-refractivity contribution in [2.75, 3.05) is 13.7 Å². The first kappa shape index (κ1) is 15.3. The van der Waals surface area contributed by atoms with Gasteiger partial charge < -0.3 is 14.8 Å². The predicted octanol–water partition coefficient (Wildman–Crippen LogP) is 3.52. The second kappa shape index (κ2) is 7.64. The van der Waals surface area contributed by atoms with Gasteiger partial charge in [0.2, 0.25) is 0 Å². The van der Waals surface area contributed by atoms with Crippen molar-refractivity contribution in [3.63, 3.8) is 0 Å². The molecule has 0 aliphatic rings. The van der Waals surface area contributed by atoms with Crippen LogP contribution in [-0.2, 0) is 13.2 Å². The van der Waals surface area contributed by atoms with Crippen LogP contribution in [0.15, 0.2) is 42.5 Å². The molecule has 0 fully saturated rings. The van der Waals surface area contributed by atoms with E-state index in [1.165, 1.54) is 6.07 Å². The first-order chi connectivity index (χ1) is 10.2. The summed E-state index contributed by atoms with van der Waals surface area (Å²) >= 11 is 0. The maximum absolute atomic E-state index is 13.6. The molecule has 0 heterocycles. The van der Waals surface area contributed by atoms with Crippen molar-refractivity contribution in [1.29, 1.82) is 0 Å². The predicted molar refractivity (Wildman–Crippen MR) is 81.1 cm³/mol. The van der Waals surface area contributed by atoms with Crippen LogP contribution in [0.3, 0.4) is 0 Å². The topological polar surface area (TPSA) is 30.5 Å². The molecule has 0 saturated heterocycles. The van der Waals surface area contributed by atoms with Crippen LogP contribution in [0, 0.1) is 5.82 Å². The van der Waals surface area contributed by atoms with Gasteiger partial charge in [-0.3, -0.25) is 0 Å². The average molecular weight is 289 g/mol. The number of ether oxygens (including phenoxy) is 2. The number of hydrogen-bond acceptors (Lipinski definition) is 3. The van der Waals surface area contributed by atoms with Gasteiger partial charge in [-0.1, -0.05) is 25.1 Å². The molecule has 0 radical (unpaired) electrons. The molecular formula is C17H20FNO2. The Balaban J connectivity index is 2.13. The summed E-state index contributed by atoms with van der Waals surface area (Å²) in [5, 5.41) is 3.26. The van der Waals surface area contributed by atoms with Crippen LogP contribution in [0.2, 0.25) is 0 Å². The van der Waals surface area contributed by atoms with Crippen LogP contribution in [0.1, 0.15) is 18.1 Å². The third-order valence-corrected chi connectivity index (χ3v) is 3.17. The van der Waals surface area contributed by atoms with Crippen molar-refractivity contribution in [1.82, 2.24) is 5.32 Å². The lowest BCUT2D eigenvalue weighted by Gasteiger charge is -2.13. The summed E-state index contributed by atoms with van der Waals surface area (Å²) < 4.78 is 24.6. The van der Waals surface area contributed by atoms with Crippen LogP contribution in [0.25, 0.3) is 0 Å². The van der Waals surface area contributed by atoms with Crippen LogP contribution < -0.4 is 14.8 Å². The highest BCUT2D eigenvalue weighted by Crippen LogP contribution is 2.25. The SMILES string of the molecule is CCNCc1cc(OC)ccc1OCc1ccccc1F. The van der Waals surface area contributed by atoms with Gasteiger partial charge in [-0.15, -0.1) is 0 Å². The Kier molecular flexibility index (Phi) is 5.58. The van der Waals surface area contributed by atoms with E-state index >= 15 is 0 Å². The third kappa shape index (κ3) is 4.20. The molecule has 0 spiro atoms. The van der Waals surface area contributed by atoms with Gasteiger partial charge in [0.05, 0.1) is 7.11 Å². The van der Waals surface area contributed by atoms with Crippen molar-refractivity contribution >= 4 is 0 Å². The molecule has 112 valence electrons. The second-order valence-electron chi connectivity index (χ2n) is 4.63. The highest BCUT2D eigenvalue weighted by molar-refractivity contribution is 5.40. The Morgan fingerprint density at radius 3 is 2.62 bits per heavy atom. The van der Waals surface area contributed by atoms with Crippen molar-refractivity contribution in [2.45, 2.75) is 20.1 Å². The monoisotopic (exact) mass is 289 g/mol. The van der Waals surface area contributed by atoms with E-state index in [0.29, 0.717) is 12.1 Å². The van der Waals surface area contributed by atoms with Gasteiger partial charge in [0.15, 0.2) is 0 Å². The fourth-order valence-electron chi connectivity index (χ4n) is 1.99. The summed E-state index contributed by atoms with van der Waals surface area (Å²) in [7, 11) is 1.63. The number of nitrogens with one attached hydrogen (secondary N) is 1. The largest absolute Gasteiger partial charge is 0.497 e. The van der Waals surface area contributed by atoms with E-state index in [0.717, 1.165) is 23.6 Å². The van der Waals surface area contributed by atoms with Gasteiger partial charge in [-0.05, 0) is 30.8 Å². The molecule has 2 rings (SSSR count). The highest BCUT2D eigenvalue weighted by Gasteiger charge is 2.07. The van der Waals surface area contributed by atoms with E-state index in [1.54, 1.807) is 25.3 Å². The molecule has 0 aliphatic heterocycles. The summed E-state index contributed by atoms with van der Waals surface area (Å²) in [6.45, 7) is 3.79. The van der Waals surface area contributed by atoms with Crippen LogP contribution in [0.5, 0.6) is 11.5 Å². The standard InChI is InChI=1S/C17H20FNO2/c1-3-19-11-14-10-15(20-2)8-9-17(14)21-12-13-6-4-5-7-16(13)18/h4-10,19H,3,11-12H2,1-2H3. The molecule has 4 heteroatoms. The third-order valence-electron chi connectivity index (χ3n) is 3.17. The Bertz CT molecular complexity index is 587. The van der Waals surface area contributed by atoms with E-state index in [-0.39, 0.29) is 12.4 Å². The van der Waals surface area contributed by atoms with Gasteiger partial charge in [-0.25, -0.2) is 4.39 Å². The zero-order chi connectivity index (χ0) is 15.1.